The molecule has 0 bridgehead atoms. The predicted octanol–water partition coefficient (Wildman–Crippen LogP) is -2.58. The molecule has 0 unspecified atom stereocenters. The van der Waals surface area contributed by atoms with Crippen molar-refractivity contribution in [3.63, 3.8) is 0 Å². The van der Waals surface area contributed by atoms with E-state index in [4.69, 9.17) is 0 Å². The maximum atomic E-state index is 2.30. The van der Waals surface area contributed by atoms with Gasteiger partial charge in [0.25, 0.3) is 0 Å². The molecule has 0 aliphatic heterocycles. The zero-order valence-corrected chi connectivity index (χ0v) is 18.1. The van der Waals surface area contributed by atoms with Crippen molar-refractivity contribution in [1.29, 1.82) is 0 Å². The SMILES string of the molecule is [Cl-].[Cl-].[Cl-].[V+4].c1ccc(-c2cc(-c3ccccc3)[c-](-c3ccccc3)c2)cc1. The summed E-state index contributed by atoms with van der Waals surface area (Å²) in [6.07, 6.45) is 0. The average molecular weight is 451 g/mol. The van der Waals surface area contributed by atoms with Crippen LogP contribution in [-0.2, 0) is 18.6 Å². The molecule has 0 aliphatic rings. The van der Waals surface area contributed by atoms with Crippen LogP contribution < -0.4 is 37.2 Å². The van der Waals surface area contributed by atoms with Crippen LogP contribution in [-0.4, -0.2) is 0 Å². The van der Waals surface area contributed by atoms with Crippen LogP contribution >= 0.6 is 0 Å². The fourth-order valence-electron chi connectivity index (χ4n) is 3.02. The summed E-state index contributed by atoms with van der Waals surface area (Å²) in [7, 11) is 0. The van der Waals surface area contributed by atoms with E-state index in [1.165, 1.54) is 33.4 Å². The minimum Gasteiger partial charge on any atom is -1.00 e. The normalized spacial score (nSPS) is 9.04. The molecule has 0 aliphatic carbocycles. The van der Waals surface area contributed by atoms with Gasteiger partial charge in [0.15, 0.2) is 0 Å². The molecule has 0 N–H and O–H groups in total. The molecule has 4 rings (SSSR count). The van der Waals surface area contributed by atoms with Crippen molar-refractivity contribution in [2.24, 2.45) is 0 Å². The van der Waals surface area contributed by atoms with Gasteiger partial charge in [-0.05, 0) is 0 Å². The molecule has 1 radical (unpaired) electrons. The Morgan fingerprint density at radius 3 is 1.44 bits per heavy atom. The van der Waals surface area contributed by atoms with Crippen molar-refractivity contribution in [2.75, 3.05) is 0 Å². The van der Waals surface area contributed by atoms with Gasteiger partial charge in [-0.25, -0.2) is 0 Å². The number of halogens is 3. The third-order valence-corrected chi connectivity index (χ3v) is 4.17. The van der Waals surface area contributed by atoms with Gasteiger partial charge in [0.05, 0.1) is 0 Å². The number of benzene rings is 3. The van der Waals surface area contributed by atoms with Crippen molar-refractivity contribution >= 4 is 0 Å². The van der Waals surface area contributed by atoms with Crippen LogP contribution in [0.25, 0.3) is 33.4 Å². The van der Waals surface area contributed by atoms with Crippen LogP contribution in [0.4, 0.5) is 0 Å². The second-order valence-electron chi connectivity index (χ2n) is 5.67. The van der Waals surface area contributed by atoms with E-state index < -0.39 is 0 Å². The van der Waals surface area contributed by atoms with Crippen molar-refractivity contribution in [3.8, 4) is 33.4 Å². The van der Waals surface area contributed by atoms with E-state index in [9.17, 15) is 0 Å². The first-order valence-electron chi connectivity index (χ1n) is 7.89. The fraction of sp³-hybridized carbons (Fsp3) is 0. The molecular formula is C23H17Cl3V. The van der Waals surface area contributed by atoms with Gasteiger partial charge in [-0.3, -0.25) is 0 Å². The number of hydrogen-bond donors (Lipinski definition) is 0. The molecule has 0 amide bonds. The van der Waals surface area contributed by atoms with Crippen molar-refractivity contribution < 1.29 is 55.8 Å². The second-order valence-corrected chi connectivity index (χ2v) is 5.67. The van der Waals surface area contributed by atoms with Crippen molar-refractivity contribution in [3.05, 3.63) is 103 Å². The van der Waals surface area contributed by atoms with Gasteiger partial charge in [-0.15, -0.1) is 29.8 Å². The molecule has 0 fully saturated rings. The first-order valence-corrected chi connectivity index (χ1v) is 7.89. The average Bonchev–Trinajstić information content (AvgIpc) is 3.09. The minimum atomic E-state index is 0. The van der Waals surface area contributed by atoms with E-state index >= 15 is 0 Å². The Balaban J connectivity index is 0.00000169. The first kappa shape index (κ1) is 25.5. The Kier molecular flexibility index (Phi) is 11.3. The van der Waals surface area contributed by atoms with Crippen molar-refractivity contribution in [2.45, 2.75) is 0 Å². The van der Waals surface area contributed by atoms with Gasteiger partial charge in [0.2, 0.25) is 0 Å². The molecule has 4 aromatic rings. The quantitative estimate of drug-likeness (QED) is 0.301. The summed E-state index contributed by atoms with van der Waals surface area (Å²) in [6.45, 7) is 0. The predicted molar refractivity (Wildman–Crippen MR) is 98.3 cm³/mol. The molecule has 27 heavy (non-hydrogen) atoms. The molecule has 0 saturated carbocycles. The summed E-state index contributed by atoms with van der Waals surface area (Å²) in [5, 5.41) is 0. The van der Waals surface area contributed by atoms with Gasteiger partial charge in [0.1, 0.15) is 0 Å². The molecule has 4 heteroatoms. The Morgan fingerprint density at radius 2 is 0.926 bits per heavy atom. The first-order chi connectivity index (χ1) is 11.4. The minimum absolute atomic E-state index is 0. The summed E-state index contributed by atoms with van der Waals surface area (Å²) in [6, 6.07) is 36.4. The second kappa shape index (κ2) is 12.0. The standard InChI is InChI=1S/C23H17.3ClH.V/c1-4-10-18(11-5-1)21-16-22(19-12-6-2-7-13-19)23(17-21)20-14-8-3-9-15-20;;;;/h1-17H;3*1H;/q-1;;;;+4/p-3. The largest absolute Gasteiger partial charge is 4.00 e. The van der Waals surface area contributed by atoms with Gasteiger partial charge < -0.3 is 37.2 Å². The molecule has 0 saturated heterocycles. The Hall–Kier alpha value is -1.54. The van der Waals surface area contributed by atoms with Crippen LogP contribution in [0.1, 0.15) is 0 Å². The van der Waals surface area contributed by atoms with E-state index in [1.54, 1.807) is 0 Å². The maximum absolute atomic E-state index is 2.30. The molecule has 135 valence electrons. The van der Waals surface area contributed by atoms with Crippen LogP contribution in [0.2, 0.25) is 0 Å². The molecule has 0 atom stereocenters. The summed E-state index contributed by atoms with van der Waals surface area (Å²) < 4.78 is 0. The third kappa shape index (κ3) is 5.72. The Bertz CT molecular complexity index is 847. The summed E-state index contributed by atoms with van der Waals surface area (Å²) in [4.78, 5) is 0. The topological polar surface area (TPSA) is 0 Å². The van der Waals surface area contributed by atoms with Crippen LogP contribution in [0.3, 0.4) is 0 Å². The molecule has 0 nitrogen and oxygen atoms in total. The van der Waals surface area contributed by atoms with Crippen molar-refractivity contribution in [1.82, 2.24) is 0 Å². The molecule has 4 aromatic carbocycles. The van der Waals surface area contributed by atoms with Gasteiger partial charge in [-0.2, -0.15) is 0 Å². The van der Waals surface area contributed by atoms with Crippen LogP contribution in [0.5, 0.6) is 0 Å². The molecule has 0 heterocycles. The summed E-state index contributed by atoms with van der Waals surface area (Å²) in [5.41, 5.74) is 7.61. The third-order valence-electron chi connectivity index (χ3n) is 4.17. The fourth-order valence-corrected chi connectivity index (χ4v) is 3.02. The van der Waals surface area contributed by atoms with E-state index in [2.05, 4.69) is 103 Å². The van der Waals surface area contributed by atoms with E-state index in [-0.39, 0.29) is 55.8 Å². The zero-order chi connectivity index (χ0) is 15.5. The molecule has 0 spiro atoms. The van der Waals surface area contributed by atoms with Crippen LogP contribution in [0, 0.1) is 0 Å². The van der Waals surface area contributed by atoms with Gasteiger partial charge in [-0.1, -0.05) is 107 Å². The van der Waals surface area contributed by atoms with E-state index in [1.807, 2.05) is 0 Å². The maximum Gasteiger partial charge on any atom is 4.00 e. The van der Waals surface area contributed by atoms with Gasteiger partial charge >= 0.3 is 18.6 Å². The van der Waals surface area contributed by atoms with Gasteiger partial charge in [0, 0.05) is 0 Å². The number of hydrogen-bond acceptors (Lipinski definition) is 0. The monoisotopic (exact) mass is 449 g/mol. The summed E-state index contributed by atoms with van der Waals surface area (Å²) >= 11 is 0. The smallest absolute Gasteiger partial charge is 1.00 e. The molecular weight excluding hydrogens is 434 g/mol. The summed E-state index contributed by atoms with van der Waals surface area (Å²) in [5.74, 6) is 0. The molecule has 0 aromatic heterocycles. The van der Waals surface area contributed by atoms with E-state index in [0.29, 0.717) is 0 Å². The number of rotatable bonds is 3. The van der Waals surface area contributed by atoms with E-state index in [0.717, 1.165) is 0 Å². The Morgan fingerprint density at radius 1 is 0.481 bits per heavy atom. The Labute approximate surface area is 191 Å². The van der Waals surface area contributed by atoms with Crippen LogP contribution in [0.15, 0.2) is 103 Å². The zero-order valence-electron chi connectivity index (χ0n) is 14.4.